The minimum Gasteiger partial charge on any atom is -0.485 e. The average molecular weight is 406 g/mol. The number of rotatable bonds is 7. The predicted molar refractivity (Wildman–Crippen MR) is 108 cm³/mol. The molecule has 4 aromatic rings. The topological polar surface area (TPSA) is 82.2 Å². The van der Waals surface area contributed by atoms with Crippen LogP contribution in [0.3, 0.4) is 0 Å². The Labute approximate surface area is 172 Å². The van der Waals surface area contributed by atoms with Crippen LogP contribution >= 0.6 is 0 Å². The van der Waals surface area contributed by atoms with Gasteiger partial charge in [0.2, 0.25) is 5.95 Å². The van der Waals surface area contributed by atoms with E-state index in [1.165, 1.54) is 23.1 Å². The van der Waals surface area contributed by atoms with E-state index in [0.717, 1.165) is 16.9 Å². The van der Waals surface area contributed by atoms with Crippen LogP contribution in [0.25, 0.3) is 0 Å². The molecule has 1 N–H and O–H groups in total. The van der Waals surface area contributed by atoms with Gasteiger partial charge in [0.25, 0.3) is 5.91 Å². The number of carbonyl (C=O) groups excluding carboxylic acids is 1. The van der Waals surface area contributed by atoms with Gasteiger partial charge in [-0.05, 0) is 48.4 Å². The number of aryl methyl sites for hydroxylation is 1. The Morgan fingerprint density at radius 2 is 2.03 bits per heavy atom. The highest BCUT2D eigenvalue weighted by molar-refractivity contribution is 6.01. The van der Waals surface area contributed by atoms with Crippen molar-refractivity contribution in [3.63, 3.8) is 0 Å². The van der Waals surface area contributed by atoms with Crippen molar-refractivity contribution in [2.45, 2.75) is 20.1 Å². The fourth-order valence-corrected chi connectivity index (χ4v) is 2.86. The summed E-state index contributed by atoms with van der Waals surface area (Å²) in [6, 6.07) is 17.1. The Kier molecular flexibility index (Phi) is 5.56. The zero-order valence-electron chi connectivity index (χ0n) is 16.2. The van der Waals surface area contributed by atoms with Gasteiger partial charge in [-0.1, -0.05) is 30.3 Å². The van der Waals surface area contributed by atoms with E-state index in [9.17, 15) is 9.18 Å². The quantitative estimate of drug-likeness (QED) is 0.497. The van der Waals surface area contributed by atoms with Gasteiger partial charge in [0.1, 0.15) is 30.3 Å². The first-order valence-electron chi connectivity index (χ1n) is 9.29. The zero-order valence-corrected chi connectivity index (χ0v) is 16.2. The molecule has 8 heteroatoms. The van der Waals surface area contributed by atoms with Crippen LogP contribution in [-0.4, -0.2) is 20.7 Å². The molecule has 0 radical (unpaired) electrons. The third-order valence-electron chi connectivity index (χ3n) is 4.34. The van der Waals surface area contributed by atoms with Gasteiger partial charge >= 0.3 is 0 Å². The highest BCUT2D eigenvalue weighted by Crippen LogP contribution is 2.19. The summed E-state index contributed by atoms with van der Waals surface area (Å²) in [4.78, 5) is 16.4. The van der Waals surface area contributed by atoms with Crippen LogP contribution in [0.1, 0.15) is 27.4 Å². The highest BCUT2D eigenvalue weighted by atomic mass is 19.1. The number of furan rings is 1. The first kappa shape index (κ1) is 19.4. The summed E-state index contributed by atoms with van der Waals surface area (Å²) in [7, 11) is 0. The van der Waals surface area contributed by atoms with Crippen molar-refractivity contribution < 1.29 is 18.3 Å². The number of nitrogens with zero attached hydrogens (tertiary/aromatic N) is 3. The Morgan fingerprint density at radius 3 is 2.87 bits per heavy atom. The van der Waals surface area contributed by atoms with Gasteiger partial charge < -0.3 is 9.15 Å². The Balaban J connectivity index is 1.34. The van der Waals surface area contributed by atoms with E-state index in [-0.39, 0.29) is 24.1 Å². The number of hydrogen-bond acceptors (Lipinski definition) is 5. The highest BCUT2D eigenvalue weighted by Gasteiger charge is 2.14. The second-order valence-corrected chi connectivity index (χ2v) is 6.67. The number of hydrogen-bond donors (Lipinski definition) is 1. The summed E-state index contributed by atoms with van der Waals surface area (Å²) in [5.41, 5.74) is 1.75. The second-order valence-electron chi connectivity index (χ2n) is 6.67. The van der Waals surface area contributed by atoms with Crippen molar-refractivity contribution in [3.8, 4) is 5.75 Å². The number of halogens is 1. The number of carbonyl (C=O) groups is 1. The number of para-hydroxylation sites is 1. The lowest BCUT2D eigenvalue weighted by Crippen LogP contribution is -2.12. The summed E-state index contributed by atoms with van der Waals surface area (Å²) in [5, 5.41) is 6.76. The van der Waals surface area contributed by atoms with E-state index in [1.807, 2.05) is 31.2 Å². The van der Waals surface area contributed by atoms with Crippen LogP contribution < -0.4 is 10.1 Å². The van der Waals surface area contributed by atoms with Crippen molar-refractivity contribution in [2.75, 3.05) is 5.32 Å². The van der Waals surface area contributed by atoms with Gasteiger partial charge in [0.05, 0.1) is 6.54 Å². The molecule has 0 aliphatic carbocycles. The van der Waals surface area contributed by atoms with Crippen molar-refractivity contribution in [3.05, 3.63) is 95.5 Å². The lowest BCUT2D eigenvalue weighted by Gasteiger charge is -2.06. The van der Waals surface area contributed by atoms with E-state index < -0.39 is 5.91 Å². The van der Waals surface area contributed by atoms with Crippen LogP contribution in [0.5, 0.6) is 5.75 Å². The van der Waals surface area contributed by atoms with Crippen LogP contribution in [0.4, 0.5) is 10.3 Å². The minimum atomic E-state index is -0.472. The van der Waals surface area contributed by atoms with Gasteiger partial charge in [-0.25, -0.2) is 14.1 Å². The Morgan fingerprint density at radius 1 is 1.17 bits per heavy atom. The number of nitrogens with one attached hydrogen (secondary N) is 1. The molecular formula is C22H19FN4O3. The van der Waals surface area contributed by atoms with Crippen molar-refractivity contribution in [2.24, 2.45) is 0 Å². The molecule has 152 valence electrons. The normalized spacial score (nSPS) is 10.7. The molecule has 0 saturated carbocycles. The SMILES string of the molecule is Cc1ccccc1OCc1ccc(C(=O)Nc2ncn(Cc3cccc(F)c3)n2)o1. The second kappa shape index (κ2) is 8.60. The standard InChI is InChI=1S/C22H19FN4O3/c1-15-5-2-3-8-19(15)29-13-18-9-10-20(30-18)21(28)25-22-24-14-27(26-22)12-16-6-4-7-17(23)11-16/h2-11,14H,12-13H2,1H3,(H,25,26,28). The molecule has 4 rings (SSSR count). The summed E-state index contributed by atoms with van der Waals surface area (Å²) < 4.78 is 26.1. The van der Waals surface area contributed by atoms with E-state index in [2.05, 4.69) is 15.4 Å². The summed E-state index contributed by atoms with van der Waals surface area (Å²) >= 11 is 0. The van der Waals surface area contributed by atoms with Crippen molar-refractivity contribution in [1.29, 1.82) is 0 Å². The fraction of sp³-hybridized carbons (Fsp3) is 0.136. The molecular weight excluding hydrogens is 387 g/mol. The predicted octanol–water partition coefficient (Wildman–Crippen LogP) is 4.20. The maximum Gasteiger partial charge on any atom is 0.293 e. The molecule has 0 bridgehead atoms. The first-order valence-corrected chi connectivity index (χ1v) is 9.29. The molecule has 0 aliphatic rings. The average Bonchev–Trinajstić information content (AvgIpc) is 3.37. The van der Waals surface area contributed by atoms with Crippen LogP contribution in [0, 0.1) is 12.7 Å². The van der Waals surface area contributed by atoms with Crippen molar-refractivity contribution >= 4 is 11.9 Å². The number of ether oxygens (including phenoxy) is 1. The van der Waals surface area contributed by atoms with E-state index in [4.69, 9.17) is 9.15 Å². The summed E-state index contributed by atoms with van der Waals surface area (Å²) in [6.07, 6.45) is 1.46. The lowest BCUT2D eigenvalue weighted by atomic mass is 10.2. The van der Waals surface area contributed by atoms with Gasteiger partial charge in [0.15, 0.2) is 5.76 Å². The molecule has 0 saturated heterocycles. The number of amides is 1. The monoisotopic (exact) mass is 406 g/mol. The zero-order chi connectivity index (χ0) is 20.9. The van der Waals surface area contributed by atoms with Gasteiger partial charge in [-0.3, -0.25) is 10.1 Å². The van der Waals surface area contributed by atoms with E-state index in [1.54, 1.807) is 24.3 Å². The molecule has 7 nitrogen and oxygen atoms in total. The molecule has 2 aromatic heterocycles. The minimum absolute atomic E-state index is 0.125. The molecule has 30 heavy (non-hydrogen) atoms. The Bertz CT molecular complexity index is 1170. The van der Waals surface area contributed by atoms with E-state index in [0.29, 0.717) is 12.3 Å². The molecule has 0 unspecified atom stereocenters. The largest absolute Gasteiger partial charge is 0.485 e. The van der Waals surface area contributed by atoms with Gasteiger partial charge in [-0.2, -0.15) is 0 Å². The Hall–Kier alpha value is -3.94. The molecule has 0 atom stereocenters. The number of benzene rings is 2. The van der Waals surface area contributed by atoms with Crippen LogP contribution in [-0.2, 0) is 13.2 Å². The third-order valence-corrected chi connectivity index (χ3v) is 4.34. The molecule has 1 amide bonds. The third kappa shape index (κ3) is 4.72. The van der Waals surface area contributed by atoms with Crippen molar-refractivity contribution in [1.82, 2.24) is 14.8 Å². The van der Waals surface area contributed by atoms with E-state index >= 15 is 0 Å². The number of aromatic nitrogens is 3. The first-order chi connectivity index (χ1) is 14.6. The fourth-order valence-electron chi connectivity index (χ4n) is 2.86. The molecule has 0 fully saturated rings. The molecule has 2 heterocycles. The molecule has 2 aromatic carbocycles. The number of anilines is 1. The summed E-state index contributed by atoms with van der Waals surface area (Å²) in [6.45, 7) is 2.50. The maximum absolute atomic E-state index is 13.3. The van der Waals surface area contributed by atoms with Gasteiger partial charge in [-0.15, -0.1) is 5.10 Å². The van der Waals surface area contributed by atoms with Crippen LogP contribution in [0.15, 0.2) is 71.4 Å². The maximum atomic E-state index is 13.3. The van der Waals surface area contributed by atoms with Gasteiger partial charge in [0, 0.05) is 0 Å². The molecule has 0 spiro atoms. The summed E-state index contributed by atoms with van der Waals surface area (Å²) in [5.74, 6) is 0.744. The smallest absolute Gasteiger partial charge is 0.293 e. The molecule has 0 aliphatic heterocycles. The lowest BCUT2D eigenvalue weighted by molar-refractivity contribution is 0.0991. The van der Waals surface area contributed by atoms with Crippen LogP contribution in [0.2, 0.25) is 0 Å².